The number of halogens is 3. The predicted molar refractivity (Wildman–Crippen MR) is 81.9 cm³/mol. The molecular formula is C16H11ClF2OS. The lowest BCUT2D eigenvalue weighted by Crippen LogP contribution is -2.02. The molecule has 0 aliphatic carbocycles. The molecule has 0 spiro atoms. The maximum Gasteiger partial charge on any atom is 0.127 e. The van der Waals surface area contributed by atoms with Gasteiger partial charge in [-0.05, 0) is 35.7 Å². The van der Waals surface area contributed by atoms with Crippen molar-refractivity contribution in [1.82, 2.24) is 0 Å². The van der Waals surface area contributed by atoms with Crippen molar-refractivity contribution < 1.29 is 13.9 Å². The van der Waals surface area contributed by atoms with E-state index in [1.807, 2.05) is 0 Å². The van der Waals surface area contributed by atoms with Gasteiger partial charge in [0, 0.05) is 26.6 Å². The molecule has 3 rings (SSSR count). The highest BCUT2D eigenvalue weighted by molar-refractivity contribution is 7.19. The second-order valence-corrected chi connectivity index (χ2v) is 6.27. The van der Waals surface area contributed by atoms with Crippen LogP contribution in [0.1, 0.15) is 16.5 Å². The first kappa shape index (κ1) is 14.4. The molecule has 0 fully saturated rings. The first-order valence-corrected chi connectivity index (χ1v) is 7.54. The zero-order chi connectivity index (χ0) is 15.0. The molecule has 5 heteroatoms. The number of hydrogen-bond acceptors (Lipinski definition) is 2. The summed E-state index contributed by atoms with van der Waals surface area (Å²) >= 11 is 7.26. The summed E-state index contributed by atoms with van der Waals surface area (Å²) < 4.78 is 27.7. The highest BCUT2D eigenvalue weighted by Gasteiger charge is 2.16. The van der Waals surface area contributed by atoms with E-state index >= 15 is 0 Å². The molecule has 0 saturated heterocycles. The van der Waals surface area contributed by atoms with Gasteiger partial charge in [0.2, 0.25) is 0 Å². The van der Waals surface area contributed by atoms with Gasteiger partial charge < -0.3 is 5.11 Å². The van der Waals surface area contributed by atoms with Crippen LogP contribution in [0.15, 0.2) is 42.5 Å². The van der Waals surface area contributed by atoms with E-state index in [2.05, 4.69) is 0 Å². The van der Waals surface area contributed by atoms with Gasteiger partial charge in [0.05, 0.1) is 6.10 Å². The third-order valence-electron chi connectivity index (χ3n) is 3.29. The quantitative estimate of drug-likeness (QED) is 0.710. The van der Waals surface area contributed by atoms with Crippen molar-refractivity contribution >= 4 is 33.0 Å². The van der Waals surface area contributed by atoms with Crippen LogP contribution in [-0.2, 0) is 6.42 Å². The molecule has 108 valence electrons. The van der Waals surface area contributed by atoms with E-state index < -0.39 is 11.9 Å². The fraction of sp³-hybridized carbons (Fsp3) is 0.125. The van der Waals surface area contributed by atoms with Crippen molar-refractivity contribution in [3.63, 3.8) is 0 Å². The summed E-state index contributed by atoms with van der Waals surface area (Å²) in [6.07, 6.45) is -0.791. The molecule has 0 bridgehead atoms. The molecular weight excluding hydrogens is 314 g/mol. The first-order valence-electron chi connectivity index (χ1n) is 6.34. The molecule has 3 aromatic rings. The minimum Gasteiger partial charge on any atom is -0.387 e. The summed E-state index contributed by atoms with van der Waals surface area (Å²) in [5, 5.41) is 11.4. The van der Waals surface area contributed by atoms with Crippen molar-refractivity contribution in [3.8, 4) is 0 Å². The van der Waals surface area contributed by atoms with E-state index in [0.29, 0.717) is 9.90 Å². The van der Waals surface area contributed by atoms with Gasteiger partial charge in [-0.15, -0.1) is 11.3 Å². The number of hydrogen-bond donors (Lipinski definition) is 1. The van der Waals surface area contributed by atoms with Gasteiger partial charge in [0.15, 0.2) is 0 Å². The first-order chi connectivity index (χ1) is 10.0. The fourth-order valence-corrected chi connectivity index (χ4v) is 3.53. The van der Waals surface area contributed by atoms with E-state index in [1.165, 1.54) is 35.6 Å². The molecule has 1 atom stereocenters. The number of thiophene rings is 1. The molecule has 0 radical (unpaired) electrons. The molecule has 1 N–H and O–H groups in total. The van der Waals surface area contributed by atoms with Gasteiger partial charge >= 0.3 is 0 Å². The zero-order valence-corrected chi connectivity index (χ0v) is 12.4. The molecule has 1 unspecified atom stereocenters. The van der Waals surface area contributed by atoms with Crippen molar-refractivity contribution in [2.75, 3.05) is 0 Å². The Balaban J connectivity index is 1.91. The maximum absolute atomic E-state index is 13.7. The summed E-state index contributed by atoms with van der Waals surface area (Å²) in [5.74, 6) is -0.753. The van der Waals surface area contributed by atoms with Crippen LogP contribution in [0.5, 0.6) is 0 Å². The number of aliphatic hydroxyl groups is 1. The normalized spacial score (nSPS) is 12.8. The Morgan fingerprint density at radius 2 is 1.95 bits per heavy atom. The van der Waals surface area contributed by atoms with E-state index in [0.717, 1.165) is 10.1 Å². The average molecular weight is 325 g/mol. The lowest BCUT2D eigenvalue weighted by atomic mass is 10.1. The maximum atomic E-state index is 13.7. The topological polar surface area (TPSA) is 20.2 Å². The number of aliphatic hydroxyl groups excluding tert-OH is 1. The Hall–Kier alpha value is -1.49. The second kappa shape index (κ2) is 5.72. The van der Waals surface area contributed by atoms with Crippen LogP contribution in [0.3, 0.4) is 0 Å². The Labute approximate surface area is 129 Å². The largest absolute Gasteiger partial charge is 0.387 e. The third kappa shape index (κ3) is 2.93. The fourth-order valence-electron chi connectivity index (χ4n) is 2.21. The minimum absolute atomic E-state index is 0.0841. The monoisotopic (exact) mass is 324 g/mol. The van der Waals surface area contributed by atoms with Gasteiger partial charge in [-0.2, -0.15) is 0 Å². The van der Waals surface area contributed by atoms with Gasteiger partial charge in [-0.25, -0.2) is 8.78 Å². The highest BCUT2D eigenvalue weighted by atomic mass is 35.5. The molecule has 21 heavy (non-hydrogen) atoms. The van der Waals surface area contributed by atoms with Crippen molar-refractivity contribution in [2.24, 2.45) is 0 Å². The average Bonchev–Trinajstić information content (AvgIpc) is 2.86. The SMILES string of the molecule is OC(Cc1c(F)cccc1Cl)c1cc2ccc(F)cc2s1. The van der Waals surface area contributed by atoms with Gasteiger partial charge in [-0.3, -0.25) is 0 Å². The Kier molecular flexibility index (Phi) is 3.93. The van der Waals surface area contributed by atoms with Gasteiger partial charge in [0.25, 0.3) is 0 Å². The molecule has 2 aromatic carbocycles. The molecule has 1 nitrogen and oxygen atoms in total. The molecule has 1 heterocycles. The molecule has 0 aliphatic rings. The molecule has 1 aromatic heterocycles. The Morgan fingerprint density at radius 1 is 1.14 bits per heavy atom. The number of benzene rings is 2. The third-order valence-corrected chi connectivity index (χ3v) is 4.84. The predicted octanol–water partition coefficient (Wildman–Crippen LogP) is 5.11. The van der Waals surface area contributed by atoms with E-state index in [4.69, 9.17) is 11.6 Å². The zero-order valence-electron chi connectivity index (χ0n) is 10.8. The smallest absolute Gasteiger partial charge is 0.127 e. The van der Waals surface area contributed by atoms with Crippen LogP contribution in [0.2, 0.25) is 5.02 Å². The number of fused-ring (bicyclic) bond motifs is 1. The van der Waals surface area contributed by atoms with Crippen LogP contribution < -0.4 is 0 Å². The van der Waals surface area contributed by atoms with E-state index in [-0.39, 0.29) is 17.8 Å². The van der Waals surface area contributed by atoms with E-state index in [9.17, 15) is 13.9 Å². The molecule has 0 amide bonds. The lowest BCUT2D eigenvalue weighted by Gasteiger charge is -2.10. The Morgan fingerprint density at radius 3 is 2.71 bits per heavy atom. The van der Waals surface area contributed by atoms with Gasteiger partial charge in [-0.1, -0.05) is 23.7 Å². The highest BCUT2D eigenvalue weighted by Crippen LogP contribution is 2.33. The lowest BCUT2D eigenvalue weighted by molar-refractivity contribution is 0.181. The Bertz CT molecular complexity index is 780. The second-order valence-electron chi connectivity index (χ2n) is 4.75. The summed E-state index contributed by atoms with van der Waals surface area (Å²) in [5.41, 5.74) is 0.287. The summed E-state index contributed by atoms with van der Waals surface area (Å²) in [6, 6.07) is 10.7. The van der Waals surface area contributed by atoms with Crippen molar-refractivity contribution in [1.29, 1.82) is 0 Å². The van der Waals surface area contributed by atoms with Crippen molar-refractivity contribution in [3.05, 3.63) is 69.6 Å². The van der Waals surface area contributed by atoms with Crippen LogP contribution in [-0.4, -0.2) is 5.11 Å². The standard InChI is InChI=1S/C16H11ClF2OS/c17-12-2-1-3-13(19)11(12)8-14(20)16-6-9-4-5-10(18)7-15(9)21-16/h1-7,14,20H,8H2. The number of rotatable bonds is 3. The van der Waals surface area contributed by atoms with Crippen LogP contribution >= 0.6 is 22.9 Å². The molecule has 0 saturated carbocycles. The van der Waals surface area contributed by atoms with Crippen LogP contribution in [0.25, 0.3) is 10.1 Å². The summed E-state index contributed by atoms with van der Waals surface area (Å²) in [7, 11) is 0. The van der Waals surface area contributed by atoms with Gasteiger partial charge in [0.1, 0.15) is 11.6 Å². The van der Waals surface area contributed by atoms with E-state index in [1.54, 1.807) is 18.2 Å². The van der Waals surface area contributed by atoms with Crippen LogP contribution in [0, 0.1) is 11.6 Å². The van der Waals surface area contributed by atoms with Crippen molar-refractivity contribution in [2.45, 2.75) is 12.5 Å². The minimum atomic E-state index is -0.875. The molecule has 0 aliphatic heterocycles. The summed E-state index contributed by atoms with van der Waals surface area (Å²) in [6.45, 7) is 0. The van der Waals surface area contributed by atoms with Crippen LogP contribution in [0.4, 0.5) is 8.78 Å². The summed E-state index contributed by atoms with van der Waals surface area (Å²) in [4.78, 5) is 0.662.